The SMILES string of the molecule is C=C/C=C(C)\C=C(\C(=C)O)C(C)NC(C)/C(=C/C(Cl)=C\NC(=O)C=C)C(=C)C. The summed E-state index contributed by atoms with van der Waals surface area (Å²) in [5.41, 5.74) is 3.30. The minimum atomic E-state index is -0.345. The number of aliphatic hydroxyl groups excluding tert-OH is 1. The van der Waals surface area contributed by atoms with Gasteiger partial charge in [0.05, 0.1) is 5.03 Å². The van der Waals surface area contributed by atoms with Gasteiger partial charge in [-0.25, -0.2) is 0 Å². The zero-order valence-electron chi connectivity index (χ0n) is 17.2. The molecule has 0 aromatic carbocycles. The van der Waals surface area contributed by atoms with Crippen LogP contribution in [-0.2, 0) is 4.79 Å². The van der Waals surface area contributed by atoms with Crippen molar-refractivity contribution in [1.82, 2.24) is 10.6 Å². The molecule has 152 valence electrons. The second-order valence-electron chi connectivity index (χ2n) is 6.42. The van der Waals surface area contributed by atoms with Crippen LogP contribution in [0.25, 0.3) is 0 Å². The molecule has 0 radical (unpaired) electrons. The molecule has 1 amide bonds. The first-order valence-electron chi connectivity index (χ1n) is 8.84. The maximum atomic E-state index is 11.3. The Balaban J connectivity index is 5.58. The second-order valence-corrected chi connectivity index (χ2v) is 6.86. The van der Waals surface area contributed by atoms with Gasteiger partial charge in [-0.05, 0) is 45.4 Å². The Bertz CT molecular complexity index is 755. The fourth-order valence-electron chi connectivity index (χ4n) is 2.50. The van der Waals surface area contributed by atoms with Crippen LogP contribution in [0.2, 0.25) is 0 Å². The van der Waals surface area contributed by atoms with Crippen molar-refractivity contribution in [3.05, 3.63) is 96.0 Å². The summed E-state index contributed by atoms with van der Waals surface area (Å²) in [5, 5.41) is 16.3. The molecule has 4 nitrogen and oxygen atoms in total. The number of carbonyl (C=O) groups excluding carboxylic acids is 1. The third-order valence-corrected chi connectivity index (χ3v) is 4.07. The Morgan fingerprint density at radius 3 is 2.11 bits per heavy atom. The van der Waals surface area contributed by atoms with Crippen molar-refractivity contribution >= 4 is 17.5 Å². The van der Waals surface area contributed by atoms with Crippen LogP contribution in [0.1, 0.15) is 27.7 Å². The van der Waals surface area contributed by atoms with Gasteiger partial charge in [0.25, 0.3) is 0 Å². The van der Waals surface area contributed by atoms with Crippen LogP contribution < -0.4 is 10.6 Å². The van der Waals surface area contributed by atoms with Gasteiger partial charge >= 0.3 is 0 Å². The molecule has 0 bridgehead atoms. The maximum Gasteiger partial charge on any atom is 0.247 e. The highest BCUT2D eigenvalue weighted by atomic mass is 35.5. The molecular formula is C23H31ClN2O2. The summed E-state index contributed by atoms with van der Waals surface area (Å²) < 4.78 is 0. The third-order valence-electron chi connectivity index (χ3n) is 3.85. The van der Waals surface area contributed by atoms with E-state index in [2.05, 4.69) is 36.9 Å². The molecule has 0 heterocycles. The Labute approximate surface area is 174 Å². The summed E-state index contributed by atoms with van der Waals surface area (Å²) in [6, 6.07) is -0.317. The summed E-state index contributed by atoms with van der Waals surface area (Å²) in [5.74, 6) is -0.350. The number of halogens is 1. The summed E-state index contributed by atoms with van der Waals surface area (Å²) in [4.78, 5) is 11.3. The standard InChI is InChI=1S/C23H31ClN2O2/c1-9-11-16(5)12-22(19(8)27)18(7)26-17(6)21(15(3)4)13-20(24)14-25-23(28)10-2/h9-14,17-18,26-27H,1-3,8H2,4-7H3,(H,25,28)/b16-11-,20-14+,21-13+,22-12+. The van der Waals surface area contributed by atoms with Crippen LogP contribution in [-0.4, -0.2) is 23.1 Å². The molecule has 3 N–H and O–H groups in total. The number of carbonyl (C=O) groups is 1. The molecular weight excluding hydrogens is 372 g/mol. The Morgan fingerprint density at radius 1 is 1.07 bits per heavy atom. The largest absolute Gasteiger partial charge is 0.508 e. The van der Waals surface area contributed by atoms with Crippen LogP contribution in [0.5, 0.6) is 0 Å². The van der Waals surface area contributed by atoms with Crippen molar-refractivity contribution in [2.75, 3.05) is 0 Å². The number of nitrogens with one attached hydrogen (secondary N) is 2. The number of rotatable bonds is 11. The molecule has 0 aromatic heterocycles. The van der Waals surface area contributed by atoms with E-state index in [9.17, 15) is 9.90 Å². The van der Waals surface area contributed by atoms with E-state index in [0.29, 0.717) is 10.6 Å². The smallest absolute Gasteiger partial charge is 0.247 e. The average molecular weight is 403 g/mol. The lowest BCUT2D eigenvalue weighted by molar-refractivity contribution is -0.115. The van der Waals surface area contributed by atoms with Crippen LogP contribution >= 0.6 is 11.6 Å². The van der Waals surface area contributed by atoms with E-state index >= 15 is 0 Å². The highest BCUT2D eigenvalue weighted by molar-refractivity contribution is 6.31. The van der Waals surface area contributed by atoms with Gasteiger partial charge in [-0.2, -0.15) is 0 Å². The Kier molecular flexibility index (Phi) is 11.6. The van der Waals surface area contributed by atoms with Crippen LogP contribution in [0, 0.1) is 0 Å². The lowest BCUT2D eigenvalue weighted by Gasteiger charge is -2.25. The van der Waals surface area contributed by atoms with Crippen LogP contribution in [0.15, 0.2) is 96.0 Å². The number of amides is 1. The molecule has 5 heteroatoms. The van der Waals surface area contributed by atoms with E-state index in [-0.39, 0.29) is 23.8 Å². The third kappa shape index (κ3) is 9.40. The molecule has 0 aliphatic rings. The molecule has 2 unspecified atom stereocenters. The molecule has 0 fully saturated rings. The Morgan fingerprint density at radius 2 is 1.64 bits per heavy atom. The van der Waals surface area contributed by atoms with Gasteiger partial charge in [-0.15, -0.1) is 0 Å². The van der Waals surface area contributed by atoms with Gasteiger partial charge in [0.15, 0.2) is 0 Å². The van der Waals surface area contributed by atoms with E-state index in [4.69, 9.17) is 11.6 Å². The van der Waals surface area contributed by atoms with E-state index in [1.165, 1.54) is 6.20 Å². The number of allylic oxidation sites excluding steroid dienone is 6. The minimum Gasteiger partial charge on any atom is -0.508 e. The summed E-state index contributed by atoms with van der Waals surface area (Å²) in [6.45, 7) is 22.4. The van der Waals surface area contributed by atoms with E-state index < -0.39 is 0 Å². The van der Waals surface area contributed by atoms with Gasteiger partial charge in [-0.1, -0.05) is 67.3 Å². The maximum absolute atomic E-state index is 11.3. The molecule has 0 aliphatic carbocycles. The molecule has 0 saturated carbocycles. The van der Waals surface area contributed by atoms with Gasteiger partial charge in [0.2, 0.25) is 5.91 Å². The molecule has 0 saturated heterocycles. The Hall–Kier alpha value is -2.56. The molecule has 0 aliphatic heterocycles. The first-order chi connectivity index (χ1) is 13.0. The number of hydrogen-bond donors (Lipinski definition) is 3. The molecule has 0 rings (SSSR count). The van der Waals surface area contributed by atoms with Gasteiger partial charge in [-0.3, -0.25) is 4.79 Å². The first kappa shape index (κ1) is 25.4. The monoisotopic (exact) mass is 402 g/mol. The molecule has 2 atom stereocenters. The van der Waals surface area contributed by atoms with E-state index in [0.717, 1.165) is 22.8 Å². The van der Waals surface area contributed by atoms with Gasteiger partial charge in [0, 0.05) is 23.9 Å². The van der Waals surface area contributed by atoms with E-state index in [1.807, 2.05) is 39.8 Å². The zero-order valence-corrected chi connectivity index (χ0v) is 17.9. The van der Waals surface area contributed by atoms with E-state index in [1.54, 1.807) is 12.2 Å². The topological polar surface area (TPSA) is 61.4 Å². The highest BCUT2D eigenvalue weighted by Crippen LogP contribution is 2.20. The van der Waals surface area contributed by atoms with Gasteiger partial charge in [0.1, 0.15) is 5.76 Å². The predicted octanol–water partition coefficient (Wildman–Crippen LogP) is 5.37. The van der Waals surface area contributed by atoms with Crippen molar-refractivity contribution in [1.29, 1.82) is 0 Å². The van der Waals surface area contributed by atoms with Crippen molar-refractivity contribution in [3.8, 4) is 0 Å². The predicted molar refractivity (Wildman–Crippen MR) is 121 cm³/mol. The van der Waals surface area contributed by atoms with Crippen molar-refractivity contribution in [2.24, 2.45) is 0 Å². The zero-order chi connectivity index (χ0) is 21.9. The summed E-state index contributed by atoms with van der Waals surface area (Å²) in [6.07, 6.45) is 9.68. The van der Waals surface area contributed by atoms with Crippen LogP contribution in [0.4, 0.5) is 0 Å². The summed E-state index contributed by atoms with van der Waals surface area (Å²) in [7, 11) is 0. The summed E-state index contributed by atoms with van der Waals surface area (Å²) >= 11 is 6.20. The normalized spacial score (nSPS) is 15.5. The fraction of sp³-hybridized carbons (Fsp3) is 0.261. The lowest BCUT2D eigenvalue weighted by atomic mass is 9.98. The lowest BCUT2D eigenvalue weighted by Crippen LogP contribution is -2.37. The van der Waals surface area contributed by atoms with Crippen molar-refractivity contribution in [2.45, 2.75) is 39.8 Å². The van der Waals surface area contributed by atoms with Crippen molar-refractivity contribution < 1.29 is 9.90 Å². The highest BCUT2D eigenvalue weighted by Gasteiger charge is 2.17. The molecule has 0 aromatic rings. The quantitative estimate of drug-likeness (QED) is 0.247. The number of hydrogen-bond acceptors (Lipinski definition) is 3. The van der Waals surface area contributed by atoms with Crippen LogP contribution in [0.3, 0.4) is 0 Å². The molecule has 0 spiro atoms. The second kappa shape index (κ2) is 12.8. The van der Waals surface area contributed by atoms with Gasteiger partial charge < -0.3 is 15.7 Å². The first-order valence-corrected chi connectivity index (χ1v) is 9.22. The van der Waals surface area contributed by atoms with Crippen molar-refractivity contribution in [3.63, 3.8) is 0 Å². The average Bonchev–Trinajstić information content (AvgIpc) is 2.61. The fourth-order valence-corrected chi connectivity index (χ4v) is 2.67. The minimum absolute atomic E-state index is 0.00469. The molecule has 28 heavy (non-hydrogen) atoms. The number of aliphatic hydroxyl groups is 1.